The number of aromatic nitrogens is 2. The Morgan fingerprint density at radius 1 is 1.41 bits per heavy atom. The summed E-state index contributed by atoms with van der Waals surface area (Å²) in [5, 5.41) is 0.636. The van der Waals surface area contributed by atoms with Gasteiger partial charge in [0.1, 0.15) is 17.3 Å². The number of hydrogen-bond donors (Lipinski definition) is 0. The molecule has 1 heterocycles. The van der Waals surface area contributed by atoms with Gasteiger partial charge in [-0.15, -0.1) is 11.8 Å². The van der Waals surface area contributed by atoms with Crippen molar-refractivity contribution in [2.45, 2.75) is 10.6 Å². The van der Waals surface area contributed by atoms with E-state index < -0.39 is 0 Å². The van der Waals surface area contributed by atoms with Crippen LogP contribution in [0.2, 0.25) is 5.15 Å². The third kappa shape index (κ3) is 2.90. The SMILES string of the molecule is Cn1c(Cl)cnc1CSc1ccc(C=O)cc1. The van der Waals surface area contributed by atoms with Crippen LogP contribution in [0.5, 0.6) is 0 Å². The van der Waals surface area contributed by atoms with E-state index in [1.807, 2.05) is 23.7 Å². The molecule has 0 saturated carbocycles. The summed E-state index contributed by atoms with van der Waals surface area (Å²) in [5.41, 5.74) is 0.689. The maximum absolute atomic E-state index is 10.5. The van der Waals surface area contributed by atoms with E-state index in [1.165, 1.54) is 0 Å². The molecule has 0 saturated heterocycles. The monoisotopic (exact) mass is 266 g/mol. The maximum Gasteiger partial charge on any atom is 0.150 e. The first kappa shape index (κ1) is 12.2. The largest absolute Gasteiger partial charge is 0.322 e. The van der Waals surface area contributed by atoms with Crippen LogP contribution in [0.25, 0.3) is 0 Å². The predicted octanol–water partition coefficient (Wildman–Crippen LogP) is 3.18. The van der Waals surface area contributed by atoms with Crippen LogP contribution >= 0.6 is 23.4 Å². The lowest BCUT2D eigenvalue weighted by Crippen LogP contribution is -1.95. The molecule has 0 N–H and O–H groups in total. The van der Waals surface area contributed by atoms with E-state index in [9.17, 15) is 4.79 Å². The first-order valence-electron chi connectivity index (χ1n) is 5.05. The smallest absolute Gasteiger partial charge is 0.150 e. The van der Waals surface area contributed by atoms with Gasteiger partial charge in [-0.2, -0.15) is 0 Å². The van der Waals surface area contributed by atoms with Crippen molar-refractivity contribution in [1.29, 1.82) is 0 Å². The molecule has 3 nitrogen and oxygen atoms in total. The van der Waals surface area contributed by atoms with Crippen molar-refractivity contribution >= 4 is 29.6 Å². The van der Waals surface area contributed by atoms with Gasteiger partial charge in [-0.1, -0.05) is 23.7 Å². The molecule has 88 valence electrons. The summed E-state index contributed by atoms with van der Waals surface area (Å²) >= 11 is 7.57. The fourth-order valence-corrected chi connectivity index (χ4v) is 2.39. The van der Waals surface area contributed by atoms with Crippen LogP contribution in [0.1, 0.15) is 16.2 Å². The Balaban J connectivity index is 2.02. The van der Waals surface area contributed by atoms with E-state index in [1.54, 1.807) is 30.1 Å². The fraction of sp³-hybridized carbons (Fsp3) is 0.167. The van der Waals surface area contributed by atoms with E-state index in [2.05, 4.69) is 4.98 Å². The lowest BCUT2D eigenvalue weighted by molar-refractivity contribution is 0.112. The number of aldehydes is 1. The quantitative estimate of drug-likeness (QED) is 0.630. The minimum absolute atomic E-state index is 0.636. The second-order valence-electron chi connectivity index (χ2n) is 3.53. The van der Waals surface area contributed by atoms with Crippen molar-refractivity contribution in [3.05, 3.63) is 47.0 Å². The van der Waals surface area contributed by atoms with Gasteiger partial charge >= 0.3 is 0 Å². The maximum atomic E-state index is 10.5. The van der Waals surface area contributed by atoms with Gasteiger partial charge in [-0.05, 0) is 12.1 Å². The van der Waals surface area contributed by atoms with Crippen molar-refractivity contribution in [3.63, 3.8) is 0 Å². The summed E-state index contributed by atoms with van der Waals surface area (Å²) in [5.74, 6) is 1.68. The van der Waals surface area contributed by atoms with E-state index in [-0.39, 0.29) is 0 Å². The molecule has 0 radical (unpaired) electrons. The van der Waals surface area contributed by atoms with E-state index in [0.717, 1.165) is 22.8 Å². The van der Waals surface area contributed by atoms with Crippen molar-refractivity contribution in [1.82, 2.24) is 9.55 Å². The number of benzene rings is 1. The molecule has 0 atom stereocenters. The number of thioether (sulfide) groups is 1. The van der Waals surface area contributed by atoms with Gasteiger partial charge in [-0.25, -0.2) is 4.98 Å². The third-order valence-electron chi connectivity index (χ3n) is 2.41. The van der Waals surface area contributed by atoms with E-state index in [0.29, 0.717) is 10.7 Å². The molecule has 0 aliphatic carbocycles. The zero-order valence-electron chi connectivity index (χ0n) is 9.26. The molecule has 1 aromatic heterocycles. The highest BCUT2D eigenvalue weighted by atomic mass is 35.5. The molecule has 0 spiro atoms. The summed E-state index contributed by atoms with van der Waals surface area (Å²) in [6.45, 7) is 0. The molecule has 0 amide bonds. The van der Waals surface area contributed by atoms with Crippen LogP contribution in [-0.2, 0) is 12.8 Å². The third-order valence-corrected chi connectivity index (χ3v) is 3.77. The van der Waals surface area contributed by atoms with Gasteiger partial charge in [0.2, 0.25) is 0 Å². The molecule has 17 heavy (non-hydrogen) atoms. The fourth-order valence-electron chi connectivity index (χ4n) is 1.35. The summed E-state index contributed by atoms with van der Waals surface area (Å²) in [7, 11) is 1.89. The van der Waals surface area contributed by atoms with Crippen LogP contribution in [0.15, 0.2) is 35.4 Å². The summed E-state index contributed by atoms with van der Waals surface area (Å²) in [6, 6.07) is 7.47. The summed E-state index contributed by atoms with van der Waals surface area (Å²) in [6.07, 6.45) is 2.49. The topological polar surface area (TPSA) is 34.9 Å². The van der Waals surface area contributed by atoms with Gasteiger partial charge in [0.05, 0.1) is 11.9 Å². The molecule has 0 bridgehead atoms. The first-order chi connectivity index (χ1) is 8.20. The number of carbonyl (C=O) groups excluding carboxylic acids is 1. The Morgan fingerprint density at radius 3 is 2.65 bits per heavy atom. The summed E-state index contributed by atoms with van der Waals surface area (Å²) < 4.78 is 1.86. The highest BCUT2D eigenvalue weighted by molar-refractivity contribution is 7.98. The second-order valence-corrected chi connectivity index (χ2v) is 4.97. The van der Waals surface area contributed by atoms with E-state index in [4.69, 9.17) is 11.6 Å². The standard InChI is InChI=1S/C12H11ClN2OS/c1-15-11(13)6-14-12(15)8-17-10-4-2-9(7-16)3-5-10/h2-7H,8H2,1H3. The highest BCUT2D eigenvalue weighted by Crippen LogP contribution is 2.23. The zero-order chi connectivity index (χ0) is 12.3. The van der Waals surface area contributed by atoms with Crippen molar-refractivity contribution in [2.75, 3.05) is 0 Å². The normalized spacial score (nSPS) is 10.5. The van der Waals surface area contributed by atoms with Gasteiger partial charge in [0.15, 0.2) is 0 Å². The molecule has 0 aliphatic heterocycles. The molecular formula is C12H11ClN2OS. The molecule has 0 unspecified atom stereocenters. The van der Waals surface area contributed by atoms with Crippen LogP contribution in [-0.4, -0.2) is 15.8 Å². The first-order valence-corrected chi connectivity index (χ1v) is 6.41. The molecule has 5 heteroatoms. The number of hydrogen-bond acceptors (Lipinski definition) is 3. The minimum atomic E-state index is 0.636. The van der Waals surface area contributed by atoms with Crippen molar-refractivity contribution < 1.29 is 4.79 Å². The van der Waals surface area contributed by atoms with Crippen molar-refractivity contribution in [2.24, 2.45) is 7.05 Å². The van der Waals surface area contributed by atoms with Crippen LogP contribution in [0.4, 0.5) is 0 Å². The molecule has 1 aromatic carbocycles. The molecular weight excluding hydrogens is 256 g/mol. The Morgan fingerprint density at radius 2 is 2.12 bits per heavy atom. The Labute approximate surface area is 109 Å². The molecule has 2 rings (SSSR count). The lowest BCUT2D eigenvalue weighted by atomic mass is 10.2. The highest BCUT2D eigenvalue weighted by Gasteiger charge is 2.04. The number of halogens is 1. The van der Waals surface area contributed by atoms with Gasteiger partial charge < -0.3 is 4.57 Å². The average molecular weight is 267 g/mol. The van der Waals surface area contributed by atoms with Crippen LogP contribution in [0.3, 0.4) is 0 Å². The average Bonchev–Trinajstić information content (AvgIpc) is 2.68. The zero-order valence-corrected chi connectivity index (χ0v) is 10.8. The van der Waals surface area contributed by atoms with Gasteiger partial charge in [0.25, 0.3) is 0 Å². The van der Waals surface area contributed by atoms with Gasteiger partial charge in [-0.3, -0.25) is 4.79 Å². The van der Waals surface area contributed by atoms with Crippen molar-refractivity contribution in [3.8, 4) is 0 Å². The van der Waals surface area contributed by atoms with Gasteiger partial charge in [0, 0.05) is 17.5 Å². The summed E-state index contributed by atoms with van der Waals surface area (Å²) in [4.78, 5) is 15.8. The molecule has 2 aromatic rings. The number of nitrogens with zero attached hydrogens (tertiary/aromatic N) is 2. The minimum Gasteiger partial charge on any atom is -0.322 e. The molecule has 0 fully saturated rings. The van der Waals surface area contributed by atoms with E-state index >= 15 is 0 Å². The lowest BCUT2D eigenvalue weighted by Gasteiger charge is -2.03. The Hall–Kier alpha value is -1.26. The molecule has 0 aliphatic rings. The van der Waals surface area contributed by atoms with Crippen LogP contribution < -0.4 is 0 Å². The predicted molar refractivity (Wildman–Crippen MR) is 69.6 cm³/mol. The Bertz CT molecular complexity index is 522. The Kier molecular flexibility index (Phi) is 3.86. The number of carbonyl (C=O) groups is 1. The number of rotatable bonds is 4. The second kappa shape index (κ2) is 5.38. The van der Waals surface area contributed by atoms with Crippen LogP contribution in [0, 0.1) is 0 Å². The number of imidazole rings is 1.